The predicted octanol–water partition coefficient (Wildman–Crippen LogP) is 5.49. The standard InChI is InChI=1S/C22H19ClN4O3S/c1-13-7-8-15(10-17(13)23)25-22(29)26-18-5-3-4-6-19(18)31-12-16-11-21(28)27-20(24-16)9-14(2)30-27/h3-11H,12H2,1-2H3,(H2,25,26,29). The number of aromatic nitrogens is 2. The minimum Gasteiger partial charge on any atom is -0.375 e. The van der Waals surface area contributed by atoms with Crippen molar-refractivity contribution in [2.75, 3.05) is 10.6 Å². The van der Waals surface area contributed by atoms with Gasteiger partial charge in [-0.05, 0) is 43.7 Å². The largest absolute Gasteiger partial charge is 0.375 e. The van der Waals surface area contributed by atoms with Crippen molar-refractivity contribution >= 4 is 46.4 Å². The lowest BCUT2D eigenvalue weighted by atomic mass is 10.2. The molecule has 0 aliphatic carbocycles. The molecule has 2 aromatic heterocycles. The van der Waals surface area contributed by atoms with E-state index in [4.69, 9.17) is 16.1 Å². The fourth-order valence-corrected chi connectivity index (χ4v) is 4.03. The molecule has 4 rings (SSSR count). The SMILES string of the molecule is Cc1cc2nc(CSc3ccccc3NC(=O)Nc3ccc(C)c(Cl)c3)cc(=O)n2o1. The Labute approximate surface area is 187 Å². The number of urea groups is 1. The maximum absolute atomic E-state index is 12.5. The summed E-state index contributed by atoms with van der Waals surface area (Å²) in [4.78, 5) is 30.0. The minimum atomic E-state index is -0.375. The molecule has 7 nitrogen and oxygen atoms in total. The van der Waals surface area contributed by atoms with Gasteiger partial charge < -0.3 is 15.2 Å². The highest BCUT2D eigenvalue weighted by atomic mass is 35.5. The average molecular weight is 455 g/mol. The molecule has 0 bridgehead atoms. The second kappa shape index (κ2) is 8.87. The number of carbonyl (C=O) groups excluding carboxylic acids is 1. The van der Waals surface area contributed by atoms with Crippen LogP contribution >= 0.6 is 23.4 Å². The Morgan fingerprint density at radius 2 is 1.94 bits per heavy atom. The Balaban J connectivity index is 1.46. The first kappa shape index (κ1) is 21.0. The molecule has 0 spiro atoms. The second-order valence-corrected chi connectivity index (χ2v) is 8.34. The third-order valence-corrected chi connectivity index (χ3v) is 5.98. The van der Waals surface area contributed by atoms with Crippen molar-refractivity contribution in [3.05, 3.63) is 87.0 Å². The van der Waals surface area contributed by atoms with Gasteiger partial charge in [-0.1, -0.05) is 29.8 Å². The summed E-state index contributed by atoms with van der Waals surface area (Å²) >= 11 is 7.59. The van der Waals surface area contributed by atoms with E-state index in [1.165, 1.54) is 22.4 Å². The van der Waals surface area contributed by atoms with Crippen LogP contribution in [-0.4, -0.2) is 15.6 Å². The van der Waals surface area contributed by atoms with Crippen molar-refractivity contribution in [1.29, 1.82) is 0 Å². The first-order chi connectivity index (χ1) is 14.9. The third-order valence-electron chi connectivity index (χ3n) is 4.46. The van der Waals surface area contributed by atoms with E-state index in [1.807, 2.05) is 37.3 Å². The van der Waals surface area contributed by atoms with Crippen LogP contribution in [0.1, 0.15) is 17.0 Å². The van der Waals surface area contributed by atoms with Gasteiger partial charge in [0.25, 0.3) is 5.56 Å². The Morgan fingerprint density at radius 3 is 2.74 bits per heavy atom. The van der Waals surface area contributed by atoms with Crippen LogP contribution in [0.15, 0.2) is 68.8 Å². The number of para-hydroxylation sites is 1. The van der Waals surface area contributed by atoms with Crippen LogP contribution in [0.5, 0.6) is 0 Å². The Hall–Kier alpha value is -3.23. The van der Waals surface area contributed by atoms with Crippen LogP contribution in [0.25, 0.3) is 5.65 Å². The summed E-state index contributed by atoms with van der Waals surface area (Å²) in [5.41, 5.74) is 3.03. The minimum absolute atomic E-state index is 0.267. The average Bonchev–Trinajstić information content (AvgIpc) is 3.11. The number of benzene rings is 2. The number of nitrogens with zero attached hydrogens (tertiary/aromatic N) is 2. The molecule has 0 radical (unpaired) electrons. The maximum atomic E-state index is 12.5. The molecular formula is C22H19ClN4O3S. The number of anilines is 2. The van der Waals surface area contributed by atoms with Crippen LogP contribution in [0, 0.1) is 13.8 Å². The first-order valence-electron chi connectivity index (χ1n) is 9.44. The lowest BCUT2D eigenvalue weighted by molar-refractivity contribution is 0.262. The van der Waals surface area contributed by atoms with E-state index in [2.05, 4.69) is 15.6 Å². The molecule has 0 saturated carbocycles. The molecule has 0 saturated heterocycles. The quantitative estimate of drug-likeness (QED) is 0.389. The molecular weight excluding hydrogens is 436 g/mol. The predicted molar refractivity (Wildman–Crippen MR) is 123 cm³/mol. The van der Waals surface area contributed by atoms with E-state index in [1.54, 1.807) is 25.1 Å². The molecule has 2 aromatic carbocycles. The van der Waals surface area contributed by atoms with Gasteiger partial charge in [-0.3, -0.25) is 4.79 Å². The normalized spacial score (nSPS) is 10.9. The van der Waals surface area contributed by atoms with Gasteiger partial charge in [-0.2, -0.15) is 0 Å². The van der Waals surface area contributed by atoms with Gasteiger partial charge in [0.15, 0.2) is 5.65 Å². The third kappa shape index (κ3) is 4.92. The van der Waals surface area contributed by atoms with Gasteiger partial charge in [-0.25, -0.2) is 9.78 Å². The first-order valence-corrected chi connectivity index (χ1v) is 10.8. The number of rotatable bonds is 5. The number of halogens is 1. The van der Waals surface area contributed by atoms with E-state index in [0.29, 0.717) is 39.3 Å². The number of carbonyl (C=O) groups is 1. The number of fused-ring (bicyclic) bond motifs is 1. The molecule has 0 aliphatic heterocycles. The number of aryl methyl sites for hydroxylation is 2. The van der Waals surface area contributed by atoms with Crippen molar-refractivity contribution in [3.8, 4) is 0 Å². The van der Waals surface area contributed by atoms with E-state index < -0.39 is 0 Å². The molecule has 2 N–H and O–H groups in total. The number of hydrogen-bond donors (Lipinski definition) is 2. The van der Waals surface area contributed by atoms with Crippen molar-refractivity contribution in [2.24, 2.45) is 0 Å². The maximum Gasteiger partial charge on any atom is 0.323 e. The van der Waals surface area contributed by atoms with E-state index >= 15 is 0 Å². The summed E-state index contributed by atoms with van der Waals surface area (Å²) in [5, 5.41) is 6.22. The van der Waals surface area contributed by atoms with E-state index in [0.717, 1.165) is 10.5 Å². The van der Waals surface area contributed by atoms with Crippen molar-refractivity contribution < 1.29 is 9.32 Å². The molecule has 2 heterocycles. The van der Waals surface area contributed by atoms with Crippen LogP contribution in [0.4, 0.5) is 16.2 Å². The monoisotopic (exact) mass is 454 g/mol. The van der Waals surface area contributed by atoms with E-state index in [9.17, 15) is 9.59 Å². The molecule has 158 valence electrons. The Bertz CT molecular complexity index is 1330. The molecule has 9 heteroatoms. The zero-order valence-corrected chi connectivity index (χ0v) is 18.4. The number of nitrogens with one attached hydrogen (secondary N) is 2. The lowest BCUT2D eigenvalue weighted by Gasteiger charge is -2.12. The van der Waals surface area contributed by atoms with Gasteiger partial charge in [0, 0.05) is 33.5 Å². The van der Waals surface area contributed by atoms with Crippen LogP contribution in [0.2, 0.25) is 5.02 Å². The fourth-order valence-electron chi connectivity index (χ4n) is 2.95. The number of amides is 2. The van der Waals surface area contributed by atoms with E-state index in [-0.39, 0.29) is 11.6 Å². The zero-order valence-electron chi connectivity index (χ0n) is 16.8. The molecule has 31 heavy (non-hydrogen) atoms. The Kier molecular flexibility index (Phi) is 6.01. The zero-order chi connectivity index (χ0) is 22.0. The van der Waals surface area contributed by atoms with Crippen molar-refractivity contribution in [1.82, 2.24) is 9.56 Å². The molecule has 4 aromatic rings. The summed E-state index contributed by atoms with van der Waals surface area (Å²) < 4.78 is 6.48. The van der Waals surface area contributed by atoms with Gasteiger partial charge in [0.2, 0.25) is 0 Å². The molecule has 2 amide bonds. The molecule has 0 aliphatic rings. The van der Waals surface area contributed by atoms with Gasteiger partial charge >= 0.3 is 6.03 Å². The second-order valence-electron chi connectivity index (χ2n) is 6.91. The van der Waals surface area contributed by atoms with Crippen LogP contribution < -0.4 is 16.2 Å². The van der Waals surface area contributed by atoms with Gasteiger partial charge in [-0.15, -0.1) is 16.3 Å². The topological polar surface area (TPSA) is 88.6 Å². The molecule has 0 atom stereocenters. The number of thioether (sulfide) groups is 1. The van der Waals surface area contributed by atoms with Crippen molar-refractivity contribution in [2.45, 2.75) is 24.5 Å². The molecule has 0 unspecified atom stereocenters. The highest BCUT2D eigenvalue weighted by Crippen LogP contribution is 2.29. The molecule has 0 fully saturated rings. The Morgan fingerprint density at radius 1 is 1.13 bits per heavy atom. The number of hydrogen-bond acceptors (Lipinski definition) is 5. The summed E-state index contributed by atoms with van der Waals surface area (Å²) in [6, 6.07) is 15.6. The highest BCUT2D eigenvalue weighted by Gasteiger charge is 2.11. The smallest absolute Gasteiger partial charge is 0.323 e. The summed E-state index contributed by atoms with van der Waals surface area (Å²) in [5.74, 6) is 1.08. The highest BCUT2D eigenvalue weighted by molar-refractivity contribution is 7.98. The van der Waals surface area contributed by atoms with Gasteiger partial charge in [0.05, 0.1) is 11.4 Å². The summed E-state index contributed by atoms with van der Waals surface area (Å²) in [7, 11) is 0. The van der Waals surface area contributed by atoms with Crippen LogP contribution in [-0.2, 0) is 5.75 Å². The van der Waals surface area contributed by atoms with Crippen LogP contribution in [0.3, 0.4) is 0 Å². The summed E-state index contributed by atoms with van der Waals surface area (Å²) in [6.45, 7) is 3.66. The van der Waals surface area contributed by atoms with Crippen molar-refractivity contribution in [3.63, 3.8) is 0 Å². The van der Waals surface area contributed by atoms with Gasteiger partial charge in [0.1, 0.15) is 5.76 Å². The lowest BCUT2D eigenvalue weighted by Crippen LogP contribution is -2.19. The summed E-state index contributed by atoms with van der Waals surface area (Å²) in [6.07, 6.45) is 0. The fraction of sp³-hybridized carbons (Fsp3) is 0.136.